The van der Waals surface area contributed by atoms with Crippen LogP contribution in [0.4, 0.5) is 61.5 Å². The third-order valence-corrected chi connectivity index (χ3v) is 4.09. The number of rotatable bonds is 7. The van der Waals surface area contributed by atoms with Crippen molar-refractivity contribution in [2.45, 2.75) is 61.7 Å². The molecule has 3 nitrogen and oxygen atoms in total. The van der Waals surface area contributed by atoms with Gasteiger partial charge in [-0.15, -0.1) is 0 Å². The Bertz CT molecular complexity index is 591. The first-order chi connectivity index (χ1) is 13.6. The molecule has 5 unspecified atom stereocenters. The standard InChI is InChI=1S/C14H15F14NO2/c1-6-2-29(3-7(31-6)12(20,21)22)9(16)10(17,14(26,27)28)4-30-5-11(18,19)8(15)13(23,24)25/h6-9H,2-5H2,1H3. The van der Waals surface area contributed by atoms with E-state index in [0.717, 1.165) is 6.92 Å². The molecule has 1 saturated heterocycles. The van der Waals surface area contributed by atoms with Gasteiger partial charge in [0.2, 0.25) is 0 Å². The molecule has 5 atom stereocenters. The zero-order valence-electron chi connectivity index (χ0n) is 15.2. The van der Waals surface area contributed by atoms with Crippen LogP contribution in [0, 0.1) is 0 Å². The summed E-state index contributed by atoms with van der Waals surface area (Å²) in [4.78, 5) is -0.255. The third kappa shape index (κ3) is 6.69. The van der Waals surface area contributed by atoms with Crippen molar-refractivity contribution in [1.29, 1.82) is 0 Å². The van der Waals surface area contributed by atoms with Gasteiger partial charge in [0.15, 0.2) is 12.4 Å². The maximum atomic E-state index is 14.5. The molecule has 0 bridgehead atoms. The molecular weight excluding hydrogens is 480 g/mol. The Hall–Kier alpha value is -1.10. The van der Waals surface area contributed by atoms with Gasteiger partial charge in [-0.3, -0.25) is 4.90 Å². The van der Waals surface area contributed by atoms with Crippen molar-refractivity contribution in [3.63, 3.8) is 0 Å². The van der Waals surface area contributed by atoms with E-state index in [4.69, 9.17) is 0 Å². The fraction of sp³-hybridized carbons (Fsp3) is 1.00. The fourth-order valence-corrected chi connectivity index (χ4v) is 2.57. The van der Waals surface area contributed by atoms with Crippen molar-refractivity contribution < 1.29 is 70.9 Å². The van der Waals surface area contributed by atoms with Gasteiger partial charge in [-0.1, -0.05) is 0 Å². The Morgan fingerprint density at radius 2 is 1.39 bits per heavy atom. The van der Waals surface area contributed by atoms with Crippen LogP contribution in [0.15, 0.2) is 0 Å². The highest BCUT2D eigenvalue weighted by Gasteiger charge is 2.65. The summed E-state index contributed by atoms with van der Waals surface area (Å²) in [6, 6.07) is 0. The summed E-state index contributed by atoms with van der Waals surface area (Å²) in [7, 11) is 0. The minimum Gasteiger partial charge on any atom is -0.371 e. The van der Waals surface area contributed by atoms with Crippen LogP contribution in [0.1, 0.15) is 6.92 Å². The molecule has 0 aromatic heterocycles. The minimum absolute atomic E-state index is 0.255. The van der Waals surface area contributed by atoms with Crippen LogP contribution in [0.2, 0.25) is 0 Å². The molecule has 0 aromatic rings. The lowest BCUT2D eigenvalue weighted by Crippen LogP contribution is -2.64. The van der Waals surface area contributed by atoms with Crippen LogP contribution in [0.3, 0.4) is 0 Å². The molecule has 17 heteroatoms. The SMILES string of the molecule is CC1CN(C(F)C(F)(COCC(F)(F)C(F)C(F)(F)F)C(F)(F)F)CC(C(F)(F)F)O1. The highest BCUT2D eigenvalue weighted by molar-refractivity contribution is 4.97. The molecule has 1 fully saturated rings. The van der Waals surface area contributed by atoms with E-state index in [1.54, 1.807) is 0 Å². The molecule has 31 heavy (non-hydrogen) atoms. The summed E-state index contributed by atoms with van der Waals surface area (Å²) >= 11 is 0. The lowest BCUT2D eigenvalue weighted by molar-refractivity contribution is -0.307. The van der Waals surface area contributed by atoms with Gasteiger partial charge in [0.1, 0.15) is 6.61 Å². The monoisotopic (exact) mass is 495 g/mol. The highest BCUT2D eigenvalue weighted by atomic mass is 19.4. The average molecular weight is 495 g/mol. The Morgan fingerprint density at radius 1 is 0.871 bits per heavy atom. The summed E-state index contributed by atoms with van der Waals surface area (Å²) in [6.07, 6.45) is -30.7. The predicted molar refractivity (Wildman–Crippen MR) is 73.5 cm³/mol. The Kier molecular flexibility index (Phi) is 8.14. The van der Waals surface area contributed by atoms with Crippen LogP contribution >= 0.6 is 0 Å². The average Bonchev–Trinajstić information content (AvgIpc) is 2.56. The van der Waals surface area contributed by atoms with Gasteiger partial charge in [-0.25, -0.2) is 22.0 Å². The molecule has 1 aliphatic heterocycles. The molecule has 1 rings (SSSR count). The van der Waals surface area contributed by atoms with Crippen molar-refractivity contribution in [3.05, 3.63) is 0 Å². The smallest absolute Gasteiger partial charge is 0.371 e. The van der Waals surface area contributed by atoms with E-state index in [1.165, 1.54) is 0 Å². The molecule has 0 amide bonds. The summed E-state index contributed by atoms with van der Waals surface area (Å²) in [5, 5.41) is 0. The Morgan fingerprint density at radius 3 is 1.81 bits per heavy atom. The topological polar surface area (TPSA) is 21.7 Å². The lowest BCUT2D eigenvalue weighted by atomic mass is 10.0. The zero-order chi connectivity index (χ0) is 24.6. The summed E-state index contributed by atoms with van der Waals surface area (Å²) in [6.45, 7) is -7.08. The number of morpholine rings is 1. The first-order valence-electron chi connectivity index (χ1n) is 8.15. The number of alkyl halides is 14. The summed E-state index contributed by atoms with van der Waals surface area (Å²) in [5.41, 5.74) is -5.24. The molecule has 0 spiro atoms. The van der Waals surface area contributed by atoms with Gasteiger partial charge < -0.3 is 9.47 Å². The van der Waals surface area contributed by atoms with Crippen molar-refractivity contribution in [2.75, 3.05) is 26.3 Å². The molecule has 0 radical (unpaired) electrons. The molecule has 1 heterocycles. The van der Waals surface area contributed by atoms with Gasteiger partial charge in [-0.2, -0.15) is 39.5 Å². The number of nitrogens with zero attached hydrogens (tertiary/aromatic N) is 1. The second-order valence-electron chi connectivity index (χ2n) is 6.78. The van der Waals surface area contributed by atoms with Crippen molar-refractivity contribution in [1.82, 2.24) is 4.90 Å². The van der Waals surface area contributed by atoms with Crippen LogP contribution in [-0.2, 0) is 9.47 Å². The molecule has 0 N–H and O–H groups in total. The highest BCUT2D eigenvalue weighted by Crippen LogP contribution is 2.42. The molecule has 186 valence electrons. The Balaban J connectivity index is 3.01. The predicted octanol–water partition coefficient (Wildman–Crippen LogP) is 4.76. The van der Waals surface area contributed by atoms with E-state index < -0.39 is 81.1 Å². The maximum Gasteiger partial charge on any atom is 0.429 e. The third-order valence-electron chi connectivity index (χ3n) is 4.09. The van der Waals surface area contributed by atoms with E-state index in [1.807, 2.05) is 0 Å². The van der Waals surface area contributed by atoms with Gasteiger partial charge in [0.05, 0.1) is 12.7 Å². The Labute approximate surface area is 165 Å². The quantitative estimate of drug-likeness (QED) is 0.376. The maximum absolute atomic E-state index is 14.5. The van der Waals surface area contributed by atoms with Crippen LogP contribution < -0.4 is 0 Å². The number of ether oxygens (including phenoxy) is 2. The molecule has 0 aliphatic carbocycles. The van der Waals surface area contributed by atoms with E-state index >= 15 is 0 Å². The second-order valence-corrected chi connectivity index (χ2v) is 6.78. The van der Waals surface area contributed by atoms with Crippen LogP contribution in [0.5, 0.6) is 0 Å². The van der Waals surface area contributed by atoms with Crippen molar-refractivity contribution in [2.24, 2.45) is 0 Å². The molecule has 0 aromatic carbocycles. The van der Waals surface area contributed by atoms with E-state index in [0.29, 0.717) is 0 Å². The second kappa shape index (κ2) is 9.03. The van der Waals surface area contributed by atoms with Gasteiger partial charge in [0, 0.05) is 13.1 Å². The lowest BCUT2D eigenvalue weighted by Gasteiger charge is -2.43. The fourth-order valence-electron chi connectivity index (χ4n) is 2.57. The van der Waals surface area contributed by atoms with Gasteiger partial charge >= 0.3 is 24.5 Å². The molecule has 0 saturated carbocycles. The van der Waals surface area contributed by atoms with Crippen molar-refractivity contribution in [3.8, 4) is 0 Å². The number of halogens is 14. The number of hydrogen-bond acceptors (Lipinski definition) is 3. The van der Waals surface area contributed by atoms with E-state index in [2.05, 4.69) is 9.47 Å². The van der Waals surface area contributed by atoms with E-state index in [-0.39, 0.29) is 4.90 Å². The zero-order valence-corrected chi connectivity index (χ0v) is 15.2. The first kappa shape index (κ1) is 27.9. The minimum atomic E-state index is -6.25. The van der Waals surface area contributed by atoms with Crippen LogP contribution in [-0.4, -0.2) is 86.0 Å². The van der Waals surface area contributed by atoms with Gasteiger partial charge in [0.25, 0.3) is 11.8 Å². The molecular formula is C14H15F14NO2. The summed E-state index contributed by atoms with van der Waals surface area (Å²) < 4.78 is 189. The first-order valence-corrected chi connectivity index (χ1v) is 8.15. The number of hydrogen-bond donors (Lipinski definition) is 0. The largest absolute Gasteiger partial charge is 0.429 e. The van der Waals surface area contributed by atoms with Crippen LogP contribution in [0.25, 0.3) is 0 Å². The summed E-state index contributed by atoms with van der Waals surface area (Å²) in [5.74, 6) is -5.45. The van der Waals surface area contributed by atoms with Crippen molar-refractivity contribution >= 4 is 0 Å². The molecule has 1 aliphatic rings. The normalized spacial score (nSPS) is 26.4. The van der Waals surface area contributed by atoms with Gasteiger partial charge in [-0.05, 0) is 6.92 Å². The van der Waals surface area contributed by atoms with E-state index in [9.17, 15) is 61.5 Å².